The molecule has 5 nitrogen and oxygen atoms in total. The Kier molecular flexibility index (Phi) is 5.10. The highest BCUT2D eigenvalue weighted by Gasteiger charge is 2.22. The Bertz CT molecular complexity index is 225. The maximum atomic E-state index is 11.5. The lowest BCUT2D eigenvalue weighted by molar-refractivity contribution is -0.128. The van der Waals surface area contributed by atoms with Crippen LogP contribution in [0.25, 0.3) is 0 Å². The number of hydrogen-bond acceptors (Lipinski definition) is 3. The third-order valence-electron chi connectivity index (χ3n) is 2.43. The molecule has 1 aliphatic rings. The van der Waals surface area contributed by atoms with E-state index >= 15 is 0 Å². The van der Waals surface area contributed by atoms with E-state index in [0.717, 1.165) is 25.9 Å². The molecule has 0 aromatic heterocycles. The Morgan fingerprint density at radius 1 is 1.40 bits per heavy atom. The Hall–Kier alpha value is -1.10. The molecule has 0 radical (unpaired) electrons. The highest BCUT2D eigenvalue weighted by molar-refractivity contribution is 5.86. The largest absolute Gasteiger partial charge is 0.355 e. The Balaban J connectivity index is 2.12. The fourth-order valence-corrected chi connectivity index (χ4v) is 1.52. The van der Waals surface area contributed by atoms with Gasteiger partial charge in [0.15, 0.2) is 0 Å². The summed E-state index contributed by atoms with van der Waals surface area (Å²) in [5, 5.41) is 8.47. The summed E-state index contributed by atoms with van der Waals surface area (Å²) >= 11 is 0. The molecule has 1 rings (SSSR count). The van der Waals surface area contributed by atoms with E-state index in [1.807, 2.05) is 6.92 Å². The van der Waals surface area contributed by atoms with E-state index in [1.54, 1.807) is 0 Å². The molecule has 2 amide bonds. The minimum atomic E-state index is -0.115. The third-order valence-corrected chi connectivity index (χ3v) is 2.43. The van der Waals surface area contributed by atoms with Crippen LogP contribution < -0.4 is 16.0 Å². The lowest BCUT2D eigenvalue weighted by atomic mass is 10.1. The van der Waals surface area contributed by atoms with Crippen molar-refractivity contribution in [1.29, 1.82) is 0 Å². The zero-order valence-electron chi connectivity index (χ0n) is 9.14. The molecule has 0 aromatic rings. The van der Waals surface area contributed by atoms with Crippen LogP contribution in [0.1, 0.15) is 19.8 Å². The van der Waals surface area contributed by atoms with Crippen LogP contribution >= 0.6 is 0 Å². The number of carbonyl (C=O) groups is 2. The van der Waals surface area contributed by atoms with Gasteiger partial charge in [-0.05, 0) is 19.4 Å². The number of hydrogen-bond donors (Lipinski definition) is 3. The van der Waals surface area contributed by atoms with Crippen molar-refractivity contribution in [3.63, 3.8) is 0 Å². The molecule has 5 heteroatoms. The summed E-state index contributed by atoms with van der Waals surface area (Å²) in [7, 11) is 0. The molecule has 15 heavy (non-hydrogen) atoms. The van der Waals surface area contributed by atoms with Crippen molar-refractivity contribution in [3.8, 4) is 0 Å². The second-order valence-electron chi connectivity index (χ2n) is 3.76. The Morgan fingerprint density at radius 2 is 2.20 bits per heavy atom. The summed E-state index contributed by atoms with van der Waals surface area (Å²) in [6.07, 6.45) is 1.77. The summed E-state index contributed by atoms with van der Waals surface area (Å²) in [5.41, 5.74) is 0. The van der Waals surface area contributed by atoms with Crippen molar-refractivity contribution < 1.29 is 9.59 Å². The first-order chi connectivity index (χ1) is 7.24. The van der Waals surface area contributed by atoms with Crippen LogP contribution in [0.5, 0.6) is 0 Å². The van der Waals surface area contributed by atoms with Crippen LogP contribution in [-0.4, -0.2) is 38.0 Å². The van der Waals surface area contributed by atoms with Gasteiger partial charge < -0.3 is 16.0 Å². The van der Waals surface area contributed by atoms with Crippen LogP contribution in [-0.2, 0) is 9.59 Å². The molecule has 1 atom stereocenters. The molecule has 0 bridgehead atoms. The highest BCUT2D eigenvalue weighted by Crippen LogP contribution is 2.06. The minimum Gasteiger partial charge on any atom is -0.355 e. The second kappa shape index (κ2) is 6.40. The summed E-state index contributed by atoms with van der Waals surface area (Å²) in [6, 6.07) is 0. The first-order valence-electron chi connectivity index (χ1n) is 5.49. The van der Waals surface area contributed by atoms with E-state index in [4.69, 9.17) is 0 Å². The van der Waals surface area contributed by atoms with Gasteiger partial charge in [0.2, 0.25) is 11.8 Å². The average Bonchev–Trinajstić information content (AvgIpc) is 2.76. The molecule has 3 N–H and O–H groups in total. The van der Waals surface area contributed by atoms with Crippen LogP contribution in [0.2, 0.25) is 0 Å². The molecule has 1 aliphatic heterocycles. The molecule has 0 spiro atoms. The number of rotatable bonds is 5. The summed E-state index contributed by atoms with van der Waals surface area (Å²) in [5.74, 6) is -0.105. The average molecular weight is 213 g/mol. The predicted octanol–water partition coefficient (Wildman–Crippen LogP) is -0.762. The van der Waals surface area contributed by atoms with Gasteiger partial charge in [0.25, 0.3) is 0 Å². The van der Waals surface area contributed by atoms with Crippen molar-refractivity contribution in [2.24, 2.45) is 5.92 Å². The summed E-state index contributed by atoms with van der Waals surface area (Å²) in [4.78, 5) is 22.7. The van der Waals surface area contributed by atoms with Gasteiger partial charge in [-0.3, -0.25) is 9.59 Å². The van der Waals surface area contributed by atoms with Crippen LogP contribution in [0.3, 0.4) is 0 Å². The molecule has 0 aliphatic carbocycles. The van der Waals surface area contributed by atoms with Gasteiger partial charge in [-0.25, -0.2) is 0 Å². The van der Waals surface area contributed by atoms with E-state index < -0.39 is 0 Å². The molecule has 0 aromatic carbocycles. The van der Waals surface area contributed by atoms with Gasteiger partial charge >= 0.3 is 0 Å². The van der Waals surface area contributed by atoms with Crippen LogP contribution in [0.4, 0.5) is 0 Å². The first kappa shape index (κ1) is 12.0. The van der Waals surface area contributed by atoms with Crippen molar-refractivity contribution in [1.82, 2.24) is 16.0 Å². The minimum absolute atomic E-state index is 0.0216. The van der Waals surface area contributed by atoms with Gasteiger partial charge in [0.1, 0.15) is 0 Å². The lowest BCUT2D eigenvalue weighted by Gasteiger charge is -2.09. The van der Waals surface area contributed by atoms with Crippen molar-refractivity contribution >= 4 is 11.8 Å². The lowest BCUT2D eigenvalue weighted by Crippen LogP contribution is -2.40. The quantitative estimate of drug-likeness (QED) is 0.562. The number of amides is 2. The van der Waals surface area contributed by atoms with E-state index in [1.165, 1.54) is 0 Å². The first-order valence-corrected chi connectivity index (χ1v) is 5.49. The second-order valence-corrected chi connectivity index (χ2v) is 3.76. The zero-order chi connectivity index (χ0) is 11.1. The Labute approximate surface area is 90.0 Å². The molecular weight excluding hydrogens is 194 g/mol. The fourth-order valence-electron chi connectivity index (χ4n) is 1.52. The van der Waals surface area contributed by atoms with Gasteiger partial charge in [-0.15, -0.1) is 0 Å². The molecular formula is C10H19N3O2. The van der Waals surface area contributed by atoms with Gasteiger partial charge in [-0.2, -0.15) is 0 Å². The highest BCUT2D eigenvalue weighted by atomic mass is 16.2. The summed E-state index contributed by atoms with van der Waals surface area (Å²) < 4.78 is 0. The Morgan fingerprint density at radius 3 is 2.80 bits per heavy atom. The SMILES string of the molecule is CCCNC(=O)CNC(=O)C1CCNC1. The smallest absolute Gasteiger partial charge is 0.239 e. The van der Waals surface area contributed by atoms with Crippen molar-refractivity contribution in [2.75, 3.05) is 26.2 Å². The number of carbonyl (C=O) groups excluding carboxylic acids is 2. The molecule has 1 heterocycles. The monoisotopic (exact) mass is 213 g/mol. The third kappa shape index (κ3) is 4.29. The van der Waals surface area contributed by atoms with Crippen LogP contribution in [0, 0.1) is 5.92 Å². The van der Waals surface area contributed by atoms with Gasteiger partial charge in [0.05, 0.1) is 12.5 Å². The van der Waals surface area contributed by atoms with Gasteiger partial charge in [0, 0.05) is 13.1 Å². The molecule has 1 unspecified atom stereocenters. The molecule has 86 valence electrons. The van der Waals surface area contributed by atoms with Gasteiger partial charge in [-0.1, -0.05) is 6.92 Å². The number of nitrogens with one attached hydrogen (secondary N) is 3. The predicted molar refractivity (Wildman–Crippen MR) is 57.3 cm³/mol. The van der Waals surface area contributed by atoms with Crippen molar-refractivity contribution in [3.05, 3.63) is 0 Å². The zero-order valence-corrected chi connectivity index (χ0v) is 9.14. The van der Waals surface area contributed by atoms with Crippen molar-refractivity contribution in [2.45, 2.75) is 19.8 Å². The van der Waals surface area contributed by atoms with E-state index in [-0.39, 0.29) is 24.3 Å². The fraction of sp³-hybridized carbons (Fsp3) is 0.800. The molecule has 1 fully saturated rings. The van der Waals surface area contributed by atoms with Crippen LogP contribution in [0.15, 0.2) is 0 Å². The van der Waals surface area contributed by atoms with E-state index in [2.05, 4.69) is 16.0 Å². The topological polar surface area (TPSA) is 70.2 Å². The maximum absolute atomic E-state index is 11.5. The normalized spacial score (nSPS) is 19.9. The maximum Gasteiger partial charge on any atom is 0.239 e. The summed E-state index contributed by atoms with van der Waals surface area (Å²) in [6.45, 7) is 4.36. The molecule has 1 saturated heterocycles. The van der Waals surface area contributed by atoms with E-state index in [9.17, 15) is 9.59 Å². The van der Waals surface area contributed by atoms with E-state index in [0.29, 0.717) is 6.54 Å². The molecule has 0 saturated carbocycles. The standard InChI is InChI=1S/C10H19N3O2/c1-2-4-12-9(14)7-13-10(15)8-3-5-11-6-8/h8,11H,2-7H2,1H3,(H,12,14)(H,13,15).